The first-order chi connectivity index (χ1) is 10.1. The first-order valence-corrected chi connectivity index (χ1v) is 7.45. The van der Waals surface area contributed by atoms with E-state index < -0.39 is 17.3 Å². The number of para-hydroxylation sites is 1. The van der Waals surface area contributed by atoms with Gasteiger partial charge in [0.15, 0.2) is 0 Å². The van der Waals surface area contributed by atoms with Crippen molar-refractivity contribution >= 4 is 11.8 Å². The third-order valence-corrected chi connectivity index (χ3v) is 5.39. The van der Waals surface area contributed by atoms with Crippen LogP contribution in [0.15, 0.2) is 24.3 Å². The number of aliphatic carboxylic acids is 1. The summed E-state index contributed by atoms with van der Waals surface area (Å²) < 4.78 is 5.33. The lowest BCUT2D eigenvalue weighted by molar-refractivity contribution is -0.142. The van der Waals surface area contributed by atoms with E-state index in [9.17, 15) is 14.7 Å². The monoisotopic (exact) mass is 288 g/mol. The minimum atomic E-state index is -0.814. The zero-order chi connectivity index (χ0) is 15.2. The summed E-state index contributed by atoms with van der Waals surface area (Å²) in [6.45, 7) is 1.93. The Morgan fingerprint density at radius 1 is 1.43 bits per heavy atom. The van der Waals surface area contributed by atoms with Gasteiger partial charge >= 0.3 is 5.97 Å². The number of Topliss-reactive ketones (excluding diaryl/α,β-unsaturated/α-hetero) is 1. The average Bonchev–Trinajstić information content (AvgIpc) is 3.07. The third-order valence-electron chi connectivity index (χ3n) is 5.39. The Bertz CT molecular complexity index is 594. The van der Waals surface area contributed by atoms with E-state index >= 15 is 0 Å². The fourth-order valence-electron chi connectivity index (χ4n) is 4.36. The van der Waals surface area contributed by atoms with Gasteiger partial charge in [-0.15, -0.1) is 0 Å². The van der Waals surface area contributed by atoms with Crippen LogP contribution in [-0.2, 0) is 16.0 Å². The molecule has 4 nitrogen and oxygen atoms in total. The molecule has 112 valence electrons. The van der Waals surface area contributed by atoms with Crippen molar-refractivity contribution in [2.24, 2.45) is 23.2 Å². The maximum Gasteiger partial charge on any atom is 0.307 e. The number of carbonyl (C=O) groups is 2. The van der Waals surface area contributed by atoms with Crippen molar-refractivity contribution in [1.82, 2.24) is 0 Å². The SMILES string of the molecule is CCC12C(=O)C(Cc3ccccc3OC)CC1C2C(=O)O. The van der Waals surface area contributed by atoms with Crippen molar-refractivity contribution < 1.29 is 19.4 Å². The number of ketones is 1. The van der Waals surface area contributed by atoms with Crippen molar-refractivity contribution in [1.29, 1.82) is 0 Å². The van der Waals surface area contributed by atoms with Crippen LogP contribution >= 0.6 is 0 Å². The molecule has 1 aromatic carbocycles. The van der Waals surface area contributed by atoms with E-state index in [4.69, 9.17) is 4.74 Å². The Kier molecular flexibility index (Phi) is 3.27. The molecule has 0 radical (unpaired) electrons. The first-order valence-electron chi connectivity index (χ1n) is 7.45. The molecule has 0 aromatic heterocycles. The van der Waals surface area contributed by atoms with Gasteiger partial charge in [0.2, 0.25) is 0 Å². The highest BCUT2D eigenvalue weighted by Crippen LogP contribution is 2.70. The summed E-state index contributed by atoms with van der Waals surface area (Å²) >= 11 is 0. The molecular weight excluding hydrogens is 268 g/mol. The molecule has 2 aliphatic carbocycles. The van der Waals surface area contributed by atoms with Crippen molar-refractivity contribution in [2.75, 3.05) is 7.11 Å². The number of benzene rings is 1. The molecule has 4 atom stereocenters. The van der Waals surface area contributed by atoms with Crippen LogP contribution in [0, 0.1) is 23.2 Å². The second-order valence-electron chi connectivity index (χ2n) is 6.13. The van der Waals surface area contributed by atoms with Crippen molar-refractivity contribution in [3.05, 3.63) is 29.8 Å². The van der Waals surface area contributed by atoms with Gasteiger partial charge in [-0.25, -0.2) is 0 Å². The lowest BCUT2D eigenvalue weighted by Gasteiger charge is -2.18. The molecule has 0 amide bonds. The van der Waals surface area contributed by atoms with Crippen LogP contribution in [0.25, 0.3) is 0 Å². The molecule has 21 heavy (non-hydrogen) atoms. The topological polar surface area (TPSA) is 63.6 Å². The Balaban J connectivity index is 1.79. The number of hydrogen-bond acceptors (Lipinski definition) is 3. The minimum Gasteiger partial charge on any atom is -0.496 e. The number of ether oxygens (including phenoxy) is 1. The summed E-state index contributed by atoms with van der Waals surface area (Å²) in [6.07, 6.45) is 1.98. The van der Waals surface area contributed by atoms with Gasteiger partial charge in [-0.05, 0) is 36.8 Å². The predicted molar refractivity (Wildman–Crippen MR) is 77.2 cm³/mol. The van der Waals surface area contributed by atoms with Gasteiger partial charge in [-0.1, -0.05) is 25.1 Å². The van der Waals surface area contributed by atoms with Crippen LogP contribution in [0.4, 0.5) is 0 Å². The Labute approximate surface area is 124 Å². The maximum absolute atomic E-state index is 12.7. The number of carboxylic acids is 1. The predicted octanol–water partition coefficient (Wildman–Crippen LogP) is 2.55. The molecule has 2 fully saturated rings. The Morgan fingerprint density at radius 2 is 2.14 bits per heavy atom. The number of carboxylic acid groups (broad SMARTS) is 1. The molecule has 0 bridgehead atoms. The molecule has 4 heteroatoms. The van der Waals surface area contributed by atoms with Crippen LogP contribution in [-0.4, -0.2) is 24.0 Å². The number of fused-ring (bicyclic) bond motifs is 1. The van der Waals surface area contributed by atoms with Crippen LogP contribution < -0.4 is 4.74 Å². The molecule has 2 saturated carbocycles. The van der Waals surface area contributed by atoms with E-state index in [1.165, 1.54) is 0 Å². The van der Waals surface area contributed by atoms with Crippen molar-refractivity contribution in [2.45, 2.75) is 26.2 Å². The van der Waals surface area contributed by atoms with Gasteiger partial charge in [-0.3, -0.25) is 9.59 Å². The average molecular weight is 288 g/mol. The van der Waals surface area contributed by atoms with Gasteiger partial charge in [-0.2, -0.15) is 0 Å². The number of hydrogen-bond donors (Lipinski definition) is 1. The van der Waals surface area contributed by atoms with Crippen molar-refractivity contribution in [3.8, 4) is 5.75 Å². The molecule has 3 rings (SSSR count). The van der Waals surface area contributed by atoms with Crippen LogP contribution in [0.3, 0.4) is 0 Å². The van der Waals surface area contributed by atoms with E-state index in [2.05, 4.69) is 0 Å². The summed E-state index contributed by atoms with van der Waals surface area (Å²) in [6, 6.07) is 7.71. The highest BCUT2D eigenvalue weighted by molar-refractivity contribution is 5.99. The summed E-state index contributed by atoms with van der Waals surface area (Å²) in [4.78, 5) is 24.0. The smallest absolute Gasteiger partial charge is 0.307 e. The van der Waals surface area contributed by atoms with Crippen molar-refractivity contribution in [3.63, 3.8) is 0 Å². The van der Waals surface area contributed by atoms with Gasteiger partial charge in [0.1, 0.15) is 11.5 Å². The van der Waals surface area contributed by atoms with Gasteiger partial charge in [0.05, 0.1) is 13.0 Å². The van der Waals surface area contributed by atoms with Crippen LogP contribution in [0.2, 0.25) is 0 Å². The normalized spacial score (nSPS) is 33.6. The van der Waals surface area contributed by atoms with Crippen LogP contribution in [0.5, 0.6) is 5.75 Å². The molecule has 4 unspecified atom stereocenters. The van der Waals surface area contributed by atoms with E-state index in [1.807, 2.05) is 31.2 Å². The second-order valence-corrected chi connectivity index (χ2v) is 6.13. The highest BCUT2D eigenvalue weighted by Gasteiger charge is 2.75. The first kappa shape index (κ1) is 14.1. The zero-order valence-corrected chi connectivity index (χ0v) is 12.3. The van der Waals surface area contributed by atoms with E-state index in [0.29, 0.717) is 19.3 Å². The van der Waals surface area contributed by atoms with Gasteiger partial charge in [0.25, 0.3) is 0 Å². The van der Waals surface area contributed by atoms with E-state index in [0.717, 1.165) is 11.3 Å². The highest BCUT2D eigenvalue weighted by atomic mass is 16.5. The fourth-order valence-corrected chi connectivity index (χ4v) is 4.36. The standard InChI is InChI=1S/C17H20O4/c1-3-17-12(14(17)16(19)20)9-11(15(17)18)8-10-6-4-5-7-13(10)21-2/h4-7,11-12,14H,3,8-9H2,1-2H3,(H,19,20). The number of rotatable bonds is 5. The molecule has 0 heterocycles. The summed E-state index contributed by atoms with van der Waals surface area (Å²) in [5, 5.41) is 9.26. The summed E-state index contributed by atoms with van der Waals surface area (Å²) in [7, 11) is 1.63. The molecule has 1 N–H and O–H groups in total. The molecule has 0 aliphatic heterocycles. The molecule has 0 saturated heterocycles. The Morgan fingerprint density at radius 3 is 2.71 bits per heavy atom. The maximum atomic E-state index is 12.7. The second kappa shape index (κ2) is 4.86. The largest absolute Gasteiger partial charge is 0.496 e. The summed E-state index contributed by atoms with van der Waals surface area (Å²) in [5.74, 6) is -0.358. The third kappa shape index (κ3) is 1.88. The Hall–Kier alpha value is -1.84. The number of carbonyl (C=O) groups excluding carboxylic acids is 1. The van der Waals surface area contributed by atoms with E-state index in [-0.39, 0.29) is 17.6 Å². The lowest BCUT2D eigenvalue weighted by atomic mass is 9.86. The molecule has 0 spiro atoms. The molecule has 2 aliphatic rings. The zero-order valence-electron chi connectivity index (χ0n) is 12.3. The lowest BCUT2D eigenvalue weighted by Crippen LogP contribution is -2.26. The summed E-state index contributed by atoms with van der Waals surface area (Å²) in [5.41, 5.74) is 0.441. The van der Waals surface area contributed by atoms with Gasteiger partial charge in [0, 0.05) is 11.3 Å². The molecular formula is C17H20O4. The minimum absolute atomic E-state index is 0.0345. The van der Waals surface area contributed by atoms with Gasteiger partial charge < -0.3 is 9.84 Å². The molecule has 1 aromatic rings. The fraction of sp³-hybridized carbons (Fsp3) is 0.529. The van der Waals surface area contributed by atoms with Crippen LogP contribution in [0.1, 0.15) is 25.3 Å². The quantitative estimate of drug-likeness (QED) is 0.904. The number of methoxy groups -OCH3 is 1. The van der Waals surface area contributed by atoms with E-state index in [1.54, 1.807) is 7.11 Å².